The SMILES string of the molecule is CC(C)(C)C(=O)c1cccc(B(O)ON)c1C(=O)C(C)(C)C. The molecule has 0 aliphatic carbocycles. The fourth-order valence-electron chi connectivity index (χ4n) is 2.07. The fourth-order valence-corrected chi connectivity index (χ4v) is 2.07. The fraction of sp³-hybridized carbons (Fsp3) is 0.500. The van der Waals surface area contributed by atoms with Crippen LogP contribution >= 0.6 is 0 Å². The first kappa shape index (κ1) is 18.6. The maximum Gasteiger partial charge on any atom is 0.508 e. The molecule has 0 aliphatic rings. The van der Waals surface area contributed by atoms with Gasteiger partial charge >= 0.3 is 7.12 Å². The van der Waals surface area contributed by atoms with E-state index in [2.05, 4.69) is 4.76 Å². The number of ketones is 2. The lowest BCUT2D eigenvalue weighted by molar-refractivity contribution is 0.0824. The Morgan fingerprint density at radius 2 is 1.55 bits per heavy atom. The van der Waals surface area contributed by atoms with Crippen LogP contribution in [-0.4, -0.2) is 23.7 Å². The molecular weight excluding hydrogens is 281 g/mol. The molecule has 1 aromatic rings. The van der Waals surface area contributed by atoms with Crippen molar-refractivity contribution in [2.45, 2.75) is 41.5 Å². The predicted octanol–water partition coefficient (Wildman–Crippen LogP) is 1.72. The topological polar surface area (TPSA) is 89.6 Å². The summed E-state index contributed by atoms with van der Waals surface area (Å²) >= 11 is 0. The minimum atomic E-state index is -1.46. The van der Waals surface area contributed by atoms with E-state index in [9.17, 15) is 14.6 Å². The van der Waals surface area contributed by atoms with Crippen molar-refractivity contribution in [3.05, 3.63) is 29.3 Å². The van der Waals surface area contributed by atoms with E-state index in [1.54, 1.807) is 53.7 Å². The average molecular weight is 305 g/mol. The predicted molar refractivity (Wildman–Crippen MR) is 86.9 cm³/mol. The molecule has 1 rings (SSSR count). The molecule has 0 heterocycles. The molecule has 120 valence electrons. The largest absolute Gasteiger partial charge is 0.508 e. The summed E-state index contributed by atoms with van der Waals surface area (Å²) in [7, 11) is -1.46. The van der Waals surface area contributed by atoms with Gasteiger partial charge in [0.15, 0.2) is 11.6 Å². The van der Waals surface area contributed by atoms with Crippen molar-refractivity contribution in [3.8, 4) is 0 Å². The molecule has 0 aliphatic heterocycles. The highest BCUT2D eigenvalue weighted by Gasteiger charge is 2.35. The molecule has 0 spiro atoms. The number of carbonyl (C=O) groups excluding carboxylic acids is 2. The Balaban J connectivity index is 3.66. The van der Waals surface area contributed by atoms with E-state index < -0.39 is 17.9 Å². The molecule has 0 amide bonds. The lowest BCUT2D eigenvalue weighted by atomic mass is 9.69. The monoisotopic (exact) mass is 305 g/mol. The zero-order valence-electron chi connectivity index (χ0n) is 14.1. The number of benzene rings is 1. The van der Waals surface area contributed by atoms with Gasteiger partial charge in [-0.2, -0.15) is 0 Å². The minimum absolute atomic E-state index is 0.174. The highest BCUT2D eigenvalue weighted by Crippen LogP contribution is 2.27. The molecule has 0 aromatic heterocycles. The van der Waals surface area contributed by atoms with Gasteiger partial charge < -0.3 is 9.78 Å². The van der Waals surface area contributed by atoms with Gasteiger partial charge in [0.2, 0.25) is 0 Å². The number of rotatable bonds is 4. The number of nitrogens with two attached hydrogens (primary N) is 1. The Bertz CT molecular complexity index is 585. The van der Waals surface area contributed by atoms with Crippen molar-refractivity contribution in [2.75, 3.05) is 0 Å². The molecule has 0 unspecified atom stereocenters. The molecule has 0 radical (unpaired) electrons. The van der Waals surface area contributed by atoms with Crippen LogP contribution in [0.15, 0.2) is 18.2 Å². The molecule has 3 N–H and O–H groups in total. The van der Waals surface area contributed by atoms with Crippen molar-refractivity contribution >= 4 is 24.1 Å². The zero-order valence-corrected chi connectivity index (χ0v) is 14.1. The van der Waals surface area contributed by atoms with Crippen LogP contribution in [0.4, 0.5) is 0 Å². The Labute approximate surface area is 131 Å². The quantitative estimate of drug-likeness (QED) is 0.502. The molecule has 0 saturated heterocycles. The molecular formula is C16H24BNO4. The third kappa shape index (κ3) is 3.82. The molecule has 0 fully saturated rings. The molecule has 1 aromatic carbocycles. The number of hydrogen-bond acceptors (Lipinski definition) is 5. The van der Waals surface area contributed by atoms with Crippen LogP contribution in [0.2, 0.25) is 0 Å². The third-order valence-corrected chi connectivity index (χ3v) is 3.33. The lowest BCUT2D eigenvalue weighted by Crippen LogP contribution is -2.43. The maximum absolute atomic E-state index is 12.8. The summed E-state index contributed by atoms with van der Waals surface area (Å²) in [5.74, 6) is 4.63. The second-order valence-electron chi connectivity index (χ2n) is 7.42. The minimum Gasteiger partial charge on any atom is -0.422 e. The Morgan fingerprint density at radius 3 is 1.95 bits per heavy atom. The first-order chi connectivity index (χ1) is 9.91. The summed E-state index contributed by atoms with van der Waals surface area (Å²) in [6, 6.07) is 4.74. The van der Waals surface area contributed by atoms with Crippen molar-refractivity contribution in [3.63, 3.8) is 0 Å². The smallest absolute Gasteiger partial charge is 0.422 e. The average Bonchev–Trinajstić information content (AvgIpc) is 2.41. The molecule has 22 heavy (non-hydrogen) atoms. The third-order valence-electron chi connectivity index (χ3n) is 3.33. The van der Waals surface area contributed by atoms with Gasteiger partial charge in [-0.1, -0.05) is 59.7 Å². The van der Waals surface area contributed by atoms with Gasteiger partial charge in [0.1, 0.15) is 0 Å². The van der Waals surface area contributed by atoms with Crippen LogP contribution in [-0.2, 0) is 4.76 Å². The summed E-state index contributed by atoms with van der Waals surface area (Å²) in [5.41, 5.74) is -0.705. The summed E-state index contributed by atoms with van der Waals surface area (Å²) < 4.78 is 4.45. The normalized spacial score (nSPS) is 12.2. The maximum atomic E-state index is 12.8. The van der Waals surface area contributed by atoms with Crippen molar-refractivity contribution in [1.29, 1.82) is 0 Å². The van der Waals surface area contributed by atoms with Crippen LogP contribution in [0.5, 0.6) is 0 Å². The Hall–Kier alpha value is -1.50. The van der Waals surface area contributed by atoms with E-state index in [1.165, 1.54) is 6.07 Å². The van der Waals surface area contributed by atoms with Crippen LogP contribution < -0.4 is 11.4 Å². The summed E-state index contributed by atoms with van der Waals surface area (Å²) in [6.45, 7) is 10.6. The number of carbonyl (C=O) groups is 2. The van der Waals surface area contributed by atoms with E-state index in [0.717, 1.165) is 0 Å². The van der Waals surface area contributed by atoms with Gasteiger partial charge in [-0.05, 0) is 5.46 Å². The van der Waals surface area contributed by atoms with E-state index in [-0.39, 0.29) is 28.2 Å². The zero-order chi connectivity index (χ0) is 17.3. The van der Waals surface area contributed by atoms with Gasteiger partial charge in [0.05, 0.1) is 0 Å². The Kier molecular flexibility index (Phi) is 5.33. The van der Waals surface area contributed by atoms with Crippen LogP contribution in [0, 0.1) is 10.8 Å². The molecule has 0 saturated carbocycles. The highest BCUT2D eigenvalue weighted by molar-refractivity contribution is 6.62. The number of hydrogen-bond donors (Lipinski definition) is 2. The van der Waals surface area contributed by atoms with E-state index in [1.807, 2.05) is 0 Å². The van der Waals surface area contributed by atoms with Crippen LogP contribution in [0.25, 0.3) is 0 Å². The molecule has 5 nitrogen and oxygen atoms in total. The van der Waals surface area contributed by atoms with Gasteiger partial charge in [0.25, 0.3) is 0 Å². The molecule has 6 heteroatoms. The molecule has 0 bridgehead atoms. The van der Waals surface area contributed by atoms with Crippen LogP contribution in [0.3, 0.4) is 0 Å². The first-order valence-electron chi connectivity index (χ1n) is 7.17. The Morgan fingerprint density at radius 1 is 1.05 bits per heavy atom. The summed E-state index contributed by atoms with van der Waals surface area (Å²) in [5, 5.41) is 9.92. The standard InChI is InChI=1S/C16H24BNO4/c1-15(2,3)13(19)10-8-7-9-11(17(21)22-18)12(10)14(20)16(4,5)6/h7-9,21H,18H2,1-6H3. The van der Waals surface area contributed by atoms with Gasteiger partial charge in [-0.25, -0.2) is 5.90 Å². The van der Waals surface area contributed by atoms with E-state index >= 15 is 0 Å². The first-order valence-corrected chi connectivity index (χ1v) is 7.17. The lowest BCUT2D eigenvalue weighted by Gasteiger charge is -2.24. The second-order valence-corrected chi connectivity index (χ2v) is 7.42. The second kappa shape index (κ2) is 6.32. The summed E-state index contributed by atoms with van der Waals surface area (Å²) in [4.78, 5) is 25.5. The van der Waals surface area contributed by atoms with Gasteiger partial charge in [-0.15, -0.1) is 0 Å². The van der Waals surface area contributed by atoms with Gasteiger partial charge in [-0.3, -0.25) is 9.59 Å². The van der Waals surface area contributed by atoms with Crippen molar-refractivity contribution in [1.82, 2.24) is 0 Å². The van der Waals surface area contributed by atoms with Crippen molar-refractivity contribution < 1.29 is 19.4 Å². The summed E-state index contributed by atoms with van der Waals surface area (Å²) in [6.07, 6.45) is 0. The van der Waals surface area contributed by atoms with Crippen molar-refractivity contribution in [2.24, 2.45) is 16.7 Å². The van der Waals surface area contributed by atoms with Crippen LogP contribution in [0.1, 0.15) is 62.3 Å². The van der Waals surface area contributed by atoms with E-state index in [0.29, 0.717) is 0 Å². The highest BCUT2D eigenvalue weighted by atomic mass is 16.6. The number of Topliss-reactive ketones (excluding diaryl/α,β-unsaturated/α-hetero) is 2. The van der Waals surface area contributed by atoms with Gasteiger partial charge in [0, 0.05) is 22.0 Å². The molecule has 0 atom stereocenters. The van der Waals surface area contributed by atoms with E-state index in [4.69, 9.17) is 5.90 Å².